The van der Waals surface area contributed by atoms with Crippen molar-refractivity contribution in [3.05, 3.63) is 29.8 Å². The summed E-state index contributed by atoms with van der Waals surface area (Å²) >= 11 is 0. The van der Waals surface area contributed by atoms with Gasteiger partial charge in [0, 0.05) is 31.9 Å². The highest BCUT2D eigenvalue weighted by Gasteiger charge is 2.20. The summed E-state index contributed by atoms with van der Waals surface area (Å²) in [5.41, 5.74) is 0.951. The van der Waals surface area contributed by atoms with Crippen molar-refractivity contribution in [1.29, 1.82) is 0 Å². The molecule has 0 radical (unpaired) electrons. The predicted molar refractivity (Wildman–Crippen MR) is 56.9 cm³/mol. The van der Waals surface area contributed by atoms with Crippen LogP contribution in [0.3, 0.4) is 0 Å². The van der Waals surface area contributed by atoms with Crippen molar-refractivity contribution in [3.63, 3.8) is 0 Å². The molecular formula is C11H16FN3. The molecule has 0 spiro atoms. The second kappa shape index (κ2) is 4.68. The Bertz CT molecular complexity index is 329. The number of hydrogen-bond acceptors (Lipinski definition) is 3. The Morgan fingerprint density at radius 3 is 3.13 bits per heavy atom. The smallest absolute Gasteiger partial charge is 0.141 e. The van der Waals surface area contributed by atoms with Crippen LogP contribution in [-0.2, 0) is 6.54 Å². The Kier molecular flexibility index (Phi) is 3.28. The molecule has 82 valence electrons. The molecule has 1 aromatic heterocycles. The quantitative estimate of drug-likeness (QED) is 0.805. The van der Waals surface area contributed by atoms with E-state index in [1.807, 2.05) is 7.05 Å². The Morgan fingerprint density at radius 1 is 1.60 bits per heavy atom. The third kappa shape index (κ3) is 2.73. The van der Waals surface area contributed by atoms with Gasteiger partial charge >= 0.3 is 0 Å². The monoisotopic (exact) mass is 209 g/mol. The minimum absolute atomic E-state index is 0.253. The van der Waals surface area contributed by atoms with Crippen molar-refractivity contribution >= 4 is 0 Å². The molecule has 0 aromatic carbocycles. The van der Waals surface area contributed by atoms with Gasteiger partial charge in [0.05, 0.1) is 6.20 Å². The van der Waals surface area contributed by atoms with Crippen molar-refractivity contribution in [2.24, 2.45) is 0 Å². The van der Waals surface area contributed by atoms with Crippen molar-refractivity contribution < 1.29 is 4.39 Å². The molecule has 15 heavy (non-hydrogen) atoms. The molecule has 0 aliphatic carbocycles. The molecule has 1 aromatic rings. The van der Waals surface area contributed by atoms with Gasteiger partial charge in [-0.25, -0.2) is 4.39 Å². The van der Waals surface area contributed by atoms with Gasteiger partial charge in [-0.15, -0.1) is 0 Å². The van der Waals surface area contributed by atoms with Crippen LogP contribution in [0.4, 0.5) is 4.39 Å². The molecule has 1 aliphatic heterocycles. The third-order valence-corrected chi connectivity index (χ3v) is 2.85. The number of aromatic nitrogens is 1. The highest BCUT2D eigenvalue weighted by Crippen LogP contribution is 2.13. The van der Waals surface area contributed by atoms with Crippen molar-refractivity contribution in [2.45, 2.75) is 19.0 Å². The molecule has 2 rings (SSSR count). The van der Waals surface area contributed by atoms with Gasteiger partial charge in [-0.05, 0) is 25.1 Å². The maximum Gasteiger partial charge on any atom is 0.141 e. The first-order valence-corrected chi connectivity index (χ1v) is 5.27. The Labute approximate surface area is 89.3 Å². The topological polar surface area (TPSA) is 28.2 Å². The minimum atomic E-state index is -0.253. The molecule has 2 heterocycles. The lowest BCUT2D eigenvalue weighted by Crippen LogP contribution is -2.29. The van der Waals surface area contributed by atoms with Crippen molar-refractivity contribution in [2.75, 3.05) is 20.1 Å². The average molecular weight is 209 g/mol. The van der Waals surface area contributed by atoms with Gasteiger partial charge in [0.2, 0.25) is 0 Å². The van der Waals surface area contributed by atoms with E-state index in [2.05, 4.69) is 15.2 Å². The fourth-order valence-electron chi connectivity index (χ4n) is 2.01. The summed E-state index contributed by atoms with van der Waals surface area (Å²) in [5.74, 6) is -0.253. The molecule has 1 saturated heterocycles. The van der Waals surface area contributed by atoms with E-state index in [-0.39, 0.29) is 5.82 Å². The molecule has 1 fully saturated rings. The SMILES string of the molecule is CNC1CCN(Cc2cncc(F)c2)C1. The second-order valence-electron chi connectivity index (χ2n) is 4.02. The highest BCUT2D eigenvalue weighted by atomic mass is 19.1. The Hall–Kier alpha value is -1.00. The molecule has 1 unspecified atom stereocenters. The van der Waals surface area contributed by atoms with Gasteiger partial charge in [-0.3, -0.25) is 9.88 Å². The maximum atomic E-state index is 12.9. The van der Waals surface area contributed by atoms with E-state index in [1.54, 1.807) is 12.3 Å². The van der Waals surface area contributed by atoms with E-state index in [4.69, 9.17) is 0 Å². The van der Waals surface area contributed by atoms with Crippen LogP contribution in [0.1, 0.15) is 12.0 Å². The lowest BCUT2D eigenvalue weighted by atomic mass is 10.2. The molecule has 0 bridgehead atoms. The van der Waals surface area contributed by atoms with E-state index in [9.17, 15) is 4.39 Å². The number of pyridine rings is 1. The van der Waals surface area contributed by atoms with E-state index >= 15 is 0 Å². The molecule has 1 atom stereocenters. The van der Waals surface area contributed by atoms with Crippen molar-refractivity contribution in [1.82, 2.24) is 15.2 Å². The number of likely N-dealkylation sites (tertiary alicyclic amines) is 1. The van der Waals surface area contributed by atoms with Crippen LogP contribution in [0.5, 0.6) is 0 Å². The van der Waals surface area contributed by atoms with Gasteiger partial charge in [-0.2, -0.15) is 0 Å². The Morgan fingerprint density at radius 2 is 2.47 bits per heavy atom. The zero-order chi connectivity index (χ0) is 10.7. The largest absolute Gasteiger partial charge is 0.316 e. The molecular weight excluding hydrogens is 193 g/mol. The Balaban J connectivity index is 1.92. The predicted octanol–water partition coefficient (Wildman–Crippen LogP) is 1.01. The first-order chi connectivity index (χ1) is 7.28. The van der Waals surface area contributed by atoms with E-state index in [1.165, 1.54) is 12.6 Å². The van der Waals surface area contributed by atoms with Crippen LogP contribution in [0.15, 0.2) is 18.5 Å². The first kappa shape index (κ1) is 10.5. The summed E-state index contributed by atoms with van der Waals surface area (Å²) in [7, 11) is 1.98. The lowest BCUT2D eigenvalue weighted by Gasteiger charge is -2.15. The second-order valence-corrected chi connectivity index (χ2v) is 4.02. The average Bonchev–Trinajstić information content (AvgIpc) is 2.65. The van der Waals surface area contributed by atoms with Gasteiger partial charge in [0.15, 0.2) is 0 Å². The summed E-state index contributed by atoms with van der Waals surface area (Å²) < 4.78 is 12.9. The van der Waals surface area contributed by atoms with Gasteiger partial charge in [0.1, 0.15) is 5.82 Å². The van der Waals surface area contributed by atoms with Crippen LogP contribution in [0, 0.1) is 5.82 Å². The normalized spacial score (nSPS) is 22.1. The number of likely N-dealkylation sites (N-methyl/N-ethyl adjacent to an activating group) is 1. The van der Waals surface area contributed by atoms with Gasteiger partial charge < -0.3 is 5.32 Å². The summed E-state index contributed by atoms with van der Waals surface area (Å²) in [6, 6.07) is 2.13. The summed E-state index contributed by atoms with van der Waals surface area (Å²) in [6.45, 7) is 2.90. The van der Waals surface area contributed by atoms with Crippen LogP contribution in [-0.4, -0.2) is 36.1 Å². The van der Waals surface area contributed by atoms with Gasteiger partial charge in [-0.1, -0.05) is 0 Å². The van der Waals surface area contributed by atoms with Crippen LogP contribution >= 0.6 is 0 Å². The molecule has 4 heteroatoms. The van der Waals surface area contributed by atoms with Crippen LogP contribution in [0.2, 0.25) is 0 Å². The number of nitrogens with zero attached hydrogens (tertiary/aromatic N) is 2. The molecule has 1 aliphatic rings. The van der Waals surface area contributed by atoms with E-state index in [0.29, 0.717) is 6.04 Å². The van der Waals surface area contributed by atoms with Crippen LogP contribution < -0.4 is 5.32 Å². The van der Waals surface area contributed by atoms with Crippen LogP contribution in [0.25, 0.3) is 0 Å². The zero-order valence-electron chi connectivity index (χ0n) is 8.91. The number of rotatable bonds is 3. The summed E-state index contributed by atoms with van der Waals surface area (Å²) in [5, 5.41) is 3.26. The molecule has 0 amide bonds. The zero-order valence-corrected chi connectivity index (χ0v) is 8.91. The third-order valence-electron chi connectivity index (χ3n) is 2.85. The van der Waals surface area contributed by atoms with E-state index in [0.717, 1.165) is 25.2 Å². The number of halogens is 1. The summed E-state index contributed by atoms with van der Waals surface area (Å²) in [6.07, 6.45) is 4.14. The highest BCUT2D eigenvalue weighted by molar-refractivity contribution is 5.10. The fourth-order valence-corrected chi connectivity index (χ4v) is 2.01. The molecule has 1 N–H and O–H groups in total. The minimum Gasteiger partial charge on any atom is -0.316 e. The summed E-state index contributed by atoms with van der Waals surface area (Å²) in [4.78, 5) is 6.17. The maximum absolute atomic E-state index is 12.9. The van der Waals surface area contributed by atoms with E-state index < -0.39 is 0 Å². The number of hydrogen-bond donors (Lipinski definition) is 1. The molecule has 3 nitrogen and oxygen atoms in total. The molecule has 0 saturated carbocycles. The van der Waals surface area contributed by atoms with Crippen molar-refractivity contribution in [3.8, 4) is 0 Å². The van der Waals surface area contributed by atoms with Gasteiger partial charge in [0.25, 0.3) is 0 Å². The standard InChI is InChI=1S/C11H16FN3/c1-13-11-2-3-15(8-11)7-9-4-10(12)6-14-5-9/h4-6,11,13H,2-3,7-8H2,1H3. The number of nitrogens with one attached hydrogen (secondary N) is 1. The first-order valence-electron chi connectivity index (χ1n) is 5.27. The fraction of sp³-hybridized carbons (Fsp3) is 0.545. The lowest BCUT2D eigenvalue weighted by molar-refractivity contribution is 0.321.